The largest absolute Gasteiger partial charge is 0.398 e. The monoisotopic (exact) mass is 352 g/mol. The Morgan fingerprint density at radius 3 is 2.67 bits per heavy atom. The van der Waals surface area contributed by atoms with E-state index in [0.29, 0.717) is 27.6 Å². The maximum absolute atomic E-state index is 12.1. The van der Waals surface area contributed by atoms with Gasteiger partial charge < -0.3 is 5.73 Å². The number of anilines is 1. The molecule has 0 unspecified atom stereocenters. The zero-order valence-electron chi connectivity index (χ0n) is 9.62. The van der Waals surface area contributed by atoms with Crippen LogP contribution in [-0.2, 0) is 10.0 Å². The maximum atomic E-state index is 12.1. The number of nitrogen functional groups attached to an aromatic ring is 1. The van der Waals surface area contributed by atoms with Crippen molar-refractivity contribution in [2.24, 2.45) is 5.92 Å². The quantitative estimate of drug-likeness (QED) is 0.818. The Morgan fingerprint density at radius 1 is 1.44 bits per heavy atom. The standard InChI is InChI=1S/C11H14BrClN2O2S/c12-11-9(14)4-8(13)5-10(11)18(16,17)15-6-7-2-1-3-7/h4-5,7,15H,1-3,6,14H2. The Bertz CT molecular complexity index is 558. The van der Waals surface area contributed by atoms with E-state index in [0.717, 1.165) is 12.8 Å². The van der Waals surface area contributed by atoms with Crippen molar-refractivity contribution in [1.29, 1.82) is 0 Å². The lowest BCUT2D eigenvalue weighted by molar-refractivity contribution is 0.316. The summed E-state index contributed by atoms with van der Waals surface area (Å²) < 4.78 is 27.2. The van der Waals surface area contributed by atoms with Crippen LogP contribution in [-0.4, -0.2) is 15.0 Å². The van der Waals surface area contributed by atoms with Gasteiger partial charge in [-0.3, -0.25) is 0 Å². The highest BCUT2D eigenvalue weighted by Crippen LogP contribution is 2.32. The molecular weight excluding hydrogens is 340 g/mol. The third-order valence-corrected chi connectivity index (χ3v) is 5.92. The number of rotatable bonds is 4. The van der Waals surface area contributed by atoms with Crippen molar-refractivity contribution in [3.8, 4) is 0 Å². The first-order valence-corrected chi connectivity index (χ1v) is 8.30. The third kappa shape index (κ3) is 2.99. The van der Waals surface area contributed by atoms with Gasteiger partial charge in [-0.25, -0.2) is 13.1 Å². The Kier molecular flexibility index (Phi) is 4.21. The van der Waals surface area contributed by atoms with Crippen LogP contribution in [0.4, 0.5) is 5.69 Å². The van der Waals surface area contributed by atoms with Crippen LogP contribution in [0.2, 0.25) is 5.02 Å². The van der Waals surface area contributed by atoms with Gasteiger partial charge in [0.05, 0.1) is 9.37 Å². The summed E-state index contributed by atoms with van der Waals surface area (Å²) in [6.07, 6.45) is 3.35. The van der Waals surface area contributed by atoms with E-state index in [1.54, 1.807) is 0 Å². The normalized spacial score (nSPS) is 16.6. The van der Waals surface area contributed by atoms with E-state index >= 15 is 0 Å². The van der Waals surface area contributed by atoms with Gasteiger partial charge in [0.1, 0.15) is 0 Å². The van der Waals surface area contributed by atoms with E-state index in [9.17, 15) is 8.42 Å². The molecule has 1 saturated carbocycles. The molecule has 0 bridgehead atoms. The highest BCUT2D eigenvalue weighted by atomic mass is 79.9. The highest BCUT2D eigenvalue weighted by molar-refractivity contribution is 9.10. The highest BCUT2D eigenvalue weighted by Gasteiger charge is 2.23. The molecule has 1 aromatic rings. The van der Waals surface area contributed by atoms with Crippen molar-refractivity contribution in [2.75, 3.05) is 12.3 Å². The summed E-state index contributed by atoms with van der Waals surface area (Å²) in [5.41, 5.74) is 6.00. The number of hydrogen-bond donors (Lipinski definition) is 2. The molecule has 0 spiro atoms. The molecule has 0 aliphatic heterocycles. The van der Waals surface area contributed by atoms with Crippen LogP contribution in [0.25, 0.3) is 0 Å². The summed E-state index contributed by atoms with van der Waals surface area (Å²) in [6.45, 7) is 0.473. The molecule has 0 heterocycles. The fourth-order valence-corrected chi connectivity index (χ4v) is 4.19. The van der Waals surface area contributed by atoms with E-state index in [4.69, 9.17) is 17.3 Å². The maximum Gasteiger partial charge on any atom is 0.241 e. The molecule has 0 saturated heterocycles. The SMILES string of the molecule is Nc1cc(Cl)cc(S(=O)(=O)NCC2CCC2)c1Br. The molecule has 100 valence electrons. The summed E-state index contributed by atoms with van der Waals surface area (Å²) in [4.78, 5) is 0.0897. The molecule has 1 fully saturated rings. The van der Waals surface area contributed by atoms with Gasteiger partial charge in [0.2, 0.25) is 10.0 Å². The lowest BCUT2D eigenvalue weighted by atomic mass is 9.86. The van der Waals surface area contributed by atoms with E-state index in [1.165, 1.54) is 18.6 Å². The van der Waals surface area contributed by atoms with Gasteiger partial charge in [-0.2, -0.15) is 0 Å². The molecule has 0 amide bonds. The second kappa shape index (κ2) is 5.36. The van der Waals surface area contributed by atoms with Gasteiger partial charge in [-0.1, -0.05) is 18.0 Å². The fraction of sp³-hybridized carbons (Fsp3) is 0.455. The molecule has 18 heavy (non-hydrogen) atoms. The molecule has 3 N–H and O–H groups in total. The lowest BCUT2D eigenvalue weighted by Crippen LogP contribution is -2.32. The Morgan fingerprint density at radius 2 is 2.11 bits per heavy atom. The minimum atomic E-state index is -3.57. The number of sulfonamides is 1. The lowest BCUT2D eigenvalue weighted by Gasteiger charge is -2.25. The third-order valence-electron chi connectivity index (χ3n) is 3.11. The molecule has 1 aliphatic carbocycles. The van der Waals surface area contributed by atoms with Crippen molar-refractivity contribution in [3.05, 3.63) is 21.6 Å². The predicted molar refractivity (Wildman–Crippen MR) is 76.1 cm³/mol. The number of hydrogen-bond acceptors (Lipinski definition) is 3. The van der Waals surface area contributed by atoms with Gasteiger partial charge in [0.25, 0.3) is 0 Å². The van der Waals surface area contributed by atoms with Crippen LogP contribution < -0.4 is 10.5 Å². The summed E-state index contributed by atoms with van der Waals surface area (Å²) >= 11 is 9.02. The molecule has 1 aromatic carbocycles. The zero-order valence-corrected chi connectivity index (χ0v) is 12.8. The average Bonchev–Trinajstić information content (AvgIpc) is 2.20. The minimum Gasteiger partial charge on any atom is -0.398 e. The van der Waals surface area contributed by atoms with Crippen molar-refractivity contribution >= 4 is 43.2 Å². The first-order chi connectivity index (χ1) is 8.40. The topological polar surface area (TPSA) is 72.2 Å². The molecule has 4 nitrogen and oxygen atoms in total. The Hall–Kier alpha value is -0.300. The van der Waals surface area contributed by atoms with E-state index < -0.39 is 10.0 Å². The van der Waals surface area contributed by atoms with Gasteiger partial charge in [-0.15, -0.1) is 0 Å². The summed E-state index contributed by atoms with van der Waals surface area (Å²) in [6, 6.07) is 2.90. The zero-order chi connectivity index (χ0) is 13.3. The van der Waals surface area contributed by atoms with Gasteiger partial charge in [0, 0.05) is 17.3 Å². The Balaban J connectivity index is 2.22. The van der Waals surface area contributed by atoms with Crippen LogP contribution >= 0.6 is 27.5 Å². The van der Waals surface area contributed by atoms with Crippen LogP contribution in [0.5, 0.6) is 0 Å². The molecule has 0 atom stereocenters. The summed E-state index contributed by atoms with van der Waals surface area (Å²) in [5, 5.41) is 0.305. The number of nitrogens with one attached hydrogen (secondary N) is 1. The van der Waals surface area contributed by atoms with Gasteiger partial charge in [0.15, 0.2) is 0 Å². The molecule has 2 rings (SSSR count). The number of benzene rings is 1. The van der Waals surface area contributed by atoms with Crippen molar-refractivity contribution in [1.82, 2.24) is 4.72 Å². The fourth-order valence-electron chi connectivity index (χ4n) is 1.78. The van der Waals surface area contributed by atoms with Crippen LogP contribution in [0, 0.1) is 5.92 Å². The molecule has 0 aromatic heterocycles. The average molecular weight is 354 g/mol. The van der Waals surface area contributed by atoms with Crippen molar-refractivity contribution in [2.45, 2.75) is 24.2 Å². The van der Waals surface area contributed by atoms with Gasteiger partial charge in [-0.05, 0) is 46.8 Å². The molecule has 0 radical (unpaired) electrons. The molecular formula is C11H14BrClN2O2S. The second-order valence-corrected chi connectivity index (χ2v) is 7.42. The minimum absolute atomic E-state index is 0.0897. The van der Waals surface area contributed by atoms with Crippen LogP contribution in [0.1, 0.15) is 19.3 Å². The Labute approximate surface area is 120 Å². The number of nitrogens with two attached hydrogens (primary N) is 1. The van der Waals surface area contributed by atoms with Crippen molar-refractivity contribution in [3.63, 3.8) is 0 Å². The van der Waals surface area contributed by atoms with E-state index in [1.807, 2.05) is 0 Å². The first kappa shape index (κ1) is 14.1. The summed E-state index contributed by atoms with van der Waals surface area (Å²) in [5.74, 6) is 0.454. The van der Waals surface area contributed by atoms with E-state index in [2.05, 4.69) is 20.7 Å². The smallest absolute Gasteiger partial charge is 0.241 e. The van der Waals surface area contributed by atoms with Crippen LogP contribution in [0.15, 0.2) is 21.5 Å². The van der Waals surface area contributed by atoms with E-state index in [-0.39, 0.29) is 4.90 Å². The molecule has 7 heteroatoms. The number of halogens is 2. The first-order valence-electron chi connectivity index (χ1n) is 5.64. The van der Waals surface area contributed by atoms with Crippen LogP contribution in [0.3, 0.4) is 0 Å². The predicted octanol–water partition coefficient (Wildman–Crippen LogP) is 2.76. The summed E-state index contributed by atoms with van der Waals surface area (Å²) in [7, 11) is -3.57. The van der Waals surface area contributed by atoms with Crippen molar-refractivity contribution < 1.29 is 8.42 Å². The second-order valence-electron chi connectivity index (χ2n) is 4.46. The van der Waals surface area contributed by atoms with Gasteiger partial charge >= 0.3 is 0 Å². The molecule has 1 aliphatic rings.